The van der Waals surface area contributed by atoms with Crippen LogP contribution in [0, 0.1) is 5.82 Å². The van der Waals surface area contributed by atoms with Crippen molar-refractivity contribution >= 4 is 10.0 Å². The maximum Gasteiger partial charge on any atom is 0.419 e. The number of benzene rings is 2. The van der Waals surface area contributed by atoms with Crippen LogP contribution in [0.3, 0.4) is 0 Å². The number of nitrogens with one attached hydrogen (secondary N) is 1. The summed E-state index contributed by atoms with van der Waals surface area (Å²) in [4.78, 5) is -0.714. The molecule has 0 spiro atoms. The maximum atomic E-state index is 13.4. The van der Waals surface area contributed by atoms with Crippen LogP contribution < -0.4 is 18.9 Å². The summed E-state index contributed by atoms with van der Waals surface area (Å²) in [6, 6.07) is 4.41. The smallest absolute Gasteiger partial charge is 0.419 e. The van der Waals surface area contributed by atoms with Crippen molar-refractivity contribution in [3.8, 4) is 17.2 Å². The second-order valence-electron chi connectivity index (χ2n) is 5.50. The summed E-state index contributed by atoms with van der Waals surface area (Å²) in [5, 5.41) is 0. The molecule has 0 bridgehead atoms. The van der Waals surface area contributed by atoms with Gasteiger partial charge >= 0.3 is 6.18 Å². The van der Waals surface area contributed by atoms with Gasteiger partial charge in [-0.15, -0.1) is 0 Å². The summed E-state index contributed by atoms with van der Waals surface area (Å²) < 4.78 is 94.1. The molecule has 0 amide bonds. The van der Waals surface area contributed by atoms with Crippen molar-refractivity contribution in [2.45, 2.75) is 17.6 Å². The third kappa shape index (κ3) is 4.65. The zero-order chi connectivity index (χ0) is 21.1. The number of halogens is 4. The second kappa shape index (κ2) is 8.23. The van der Waals surface area contributed by atoms with E-state index < -0.39 is 32.5 Å². The molecule has 0 radical (unpaired) electrons. The molecule has 6 nitrogen and oxygen atoms in total. The zero-order valence-electron chi connectivity index (χ0n) is 15.1. The Bertz CT molecular complexity index is 936. The van der Waals surface area contributed by atoms with Gasteiger partial charge in [0, 0.05) is 6.54 Å². The van der Waals surface area contributed by atoms with Crippen LogP contribution in [0.15, 0.2) is 35.2 Å². The van der Waals surface area contributed by atoms with Crippen LogP contribution in [0.1, 0.15) is 11.1 Å². The molecule has 0 aliphatic heterocycles. The molecular formula is C17H17F4NO5S. The van der Waals surface area contributed by atoms with Gasteiger partial charge in [0.05, 0.1) is 31.8 Å². The van der Waals surface area contributed by atoms with E-state index in [1.807, 2.05) is 0 Å². The highest BCUT2D eigenvalue weighted by atomic mass is 32.2. The lowest BCUT2D eigenvalue weighted by atomic mass is 10.2. The van der Waals surface area contributed by atoms with Crippen LogP contribution in [-0.4, -0.2) is 29.7 Å². The highest BCUT2D eigenvalue weighted by Crippen LogP contribution is 2.38. The molecule has 28 heavy (non-hydrogen) atoms. The van der Waals surface area contributed by atoms with Crippen LogP contribution >= 0.6 is 0 Å². The van der Waals surface area contributed by atoms with Crippen LogP contribution in [0.5, 0.6) is 17.2 Å². The van der Waals surface area contributed by atoms with E-state index in [2.05, 4.69) is 4.72 Å². The summed E-state index contributed by atoms with van der Waals surface area (Å²) in [7, 11) is -0.189. The van der Waals surface area contributed by atoms with Crippen molar-refractivity contribution in [1.29, 1.82) is 0 Å². The van der Waals surface area contributed by atoms with Crippen LogP contribution in [0.4, 0.5) is 17.6 Å². The largest absolute Gasteiger partial charge is 0.493 e. The molecule has 0 atom stereocenters. The minimum atomic E-state index is -5.02. The zero-order valence-corrected chi connectivity index (χ0v) is 15.9. The first-order valence-corrected chi connectivity index (χ1v) is 9.17. The number of hydrogen-bond acceptors (Lipinski definition) is 5. The standard InChI is InChI=1S/C17H17F4NO5S/c1-25-14-6-10(7-15(26-2)16(14)27-3)9-22-28(23,24)11-4-5-13(18)12(8-11)17(19,20)21/h4-8,22H,9H2,1-3H3. The Labute approximate surface area is 159 Å². The van der Waals surface area contributed by atoms with Crippen molar-refractivity contribution < 1.29 is 40.2 Å². The molecule has 0 saturated carbocycles. The van der Waals surface area contributed by atoms with Crippen molar-refractivity contribution in [3.63, 3.8) is 0 Å². The van der Waals surface area contributed by atoms with E-state index in [4.69, 9.17) is 14.2 Å². The van der Waals surface area contributed by atoms with Gasteiger partial charge in [-0.25, -0.2) is 17.5 Å². The average molecular weight is 423 g/mol. The lowest BCUT2D eigenvalue weighted by Crippen LogP contribution is -2.24. The predicted octanol–water partition coefficient (Wildman–Crippen LogP) is 3.35. The molecule has 0 aromatic heterocycles. The number of hydrogen-bond donors (Lipinski definition) is 1. The molecule has 0 aliphatic carbocycles. The fraction of sp³-hybridized carbons (Fsp3) is 0.294. The fourth-order valence-electron chi connectivity index (χ4n) is 2.39. The summed E-state index contributed by atoms with van der Waals surface area (Å²) in [5.74, 6) is -0.713. The first-order valence-electron chi connectivity index (χ1n) is 7.68. The normalized spacial score (nSPS) is 12.0. The maximum absolute atomic E-state index is 13.4. The van der Waals surface area contributed by atoms with Crippen molar-refractivity contribution in [3.05, 3.63) is 47.3 Å². The van der Waals surface area contributed by atoms with Crippen LogP contribution in [0.2, 0.25) is 0 Å². The second-order valence-corrected chi connectivity index (χ2v) is 7.26. The van der Waals surface area contributed by atoms with Gasteiger partial charge < -0.3 is 14.2 Å². The third-order valence-electron chi connectivity index (χ3n) is 3.74. The summed E-state index contributed by atoms with van der Waals surface area (Å²) in [6.07, 6.45) is -5.02. The van der Waals surface area contributed by atoms with E-state index in [1.54, 1.807) is 0 Å². The van der Waals surface area contributed by atoms with Gasteiger partial charge in [0.25, 0.3) is 0 Å². The van der Waals surface area contributed by atoms with E-state index in [9.17, 15) is 26.0 Å². The predicted molar refractivity (Wildman–Crippen MR) is 91.5 cm³/mol. The van der Waals surface area contributed by atoms with Crippen LogP contribution in [-0.2, 0) is 22.7 Å². The van der Waals surface area contributed by atoms with Gasteiger partial charge in [0.2, 0.25) is 15.8 Å². The van der Waals surface area contributed by atoms with Crippen molar-refractivity contribution in [2.75, 3.05) is 21.3 Å². The first-order chi connectivity index (χ1) is 13.0. The number of sulfonamides is 1. The molecule has 0 heterocycles. The van der Waals surface area contributed by atoms with Gasteiger partial charge in [0.15, 0.2) is 11.5 Å². The Morgan fingerprint density at radius 2 is 1.54 bits per heavy atom. The molecule has 154 valence electrons. The Morgan fingerprint density at radius 3 is 2.00 bits per heavy atom. The minimum absolute atomic E-state index is 0.243. The molecule has 11 heteroatoms. The molecule has 2 rings (SSSR count). The number of alkyl halides is 3. The number of methoxy groups -OCH3 is 3. The molecule has 1 N–H and O–H groups in total. The Hall–Kier alpha value is -2.53. The summed E-state index contributed by atoms with van der Waals surface area (Å²) >= 11 is 0. The van der Waals surface area contributed by atoms with E-state index in [0.29, 0.717) is 17.4 Å². The average Bonchev–Trinajstić information content (AvgIpc) is 2.64. The number of rotatable bonds is 7. The molecule has 0 fully saturated rings. The topological polar surface area (TPSA) is 73.9 Å². The molecule has 0 saturated heterocycles. The van der Waals surface area contributed by atoms with Gasteiger partial charge in [-0.05, 0) is 35.9 Å². The highest BCUT2D eigenvalue weighted by Gasteiger charge is 2.35. The number of ether oxygens (including phenoxy) is 3. The Balaban J connectivity index is 2.32. The highest BCUT2D eigenvalue weighted by molar-refractivity contribution is 7.89. The van der Waals surface area contributed by atoms with Gasteiger partial charge in [-0.3, -0.25) is 0 Å². The SMILES string of the molecule is COc1cc(CNS(=O)(=O)c2ccc(F)c(C(F)(F)F)c2)cc(OC)c1OC. The monoisotopic (exact) mass is 423 g/mol. The molecule has 0 aliphatic rings. The minimum Gasteiger partial charge on any atom is -0.493 e. The van der Waals surface area contributed by atoms with E-state index >= 15 is 0 Å². The van der Waals surface area contributed by atoms with E-state index in [1.165, 1.54) is 33.5 Å². The molecule has 0 unspecified atom stereocenters. The van der Waals surface area contributed by atoms with Crippen molar-refractivity contribution in [2.24, 2.45) is 0 Å². The quantitative estimate of drug-likeness (QED) is 0.692. The lowest BCUT2D eigenvalue weighted by Gasteiger charge is -2.15. The molecule has 2 aromatic carbocycles. The summed E-state index contributed by atoms with van der Waals surface area (Å²) in [6.45, 7) is -0.280. The summed E-state index contributed by atoms with van der Waals surface area (Å²) in [5.41, 5.74) is -1.26. The first kappa shape index (κ1) is 21.8. The van der Waals surface area contributed by atoms with Gasteiger partial charge in [-0.2, -0.15) is 13.2 Å². The van der Waals surface area contributed by atoms with E-state index in [-0.39, 0.29) is 24.1 Å². The van der Waals surface area contributed by atoms with Gasteiger partial charge in [0.1, 0.15) is 5.82 Å². The molecule has 2 aromatic rings. The lowest BCUT2D eigenvalue weighted by molar-refractivity contribution is -0.140. The van der Waals surface area contributed by atoms with Crippen LogP contribution in [0.25, 0.3) is 0 Å². The third-order valence-corrected chi connectivity index (χ3v) is 5.14. The Kier molecular flexibility index (Phi) is 6.40. The van der Waals surface area contributed by atoms with Gasteiger partial charge in [-0.1, -0.05) is 0 Å². The van der Waals surface area contributed by atoms with E-state index in [0.717, 1.165) is 6.07 Å². The Morgan fingerprint density at radius 1 is 0.964 bits per heavy atom. The molecular weight excluding hydrogens is 406 g/mol. The fourth-order valence-corrected chi connectivity index (χ4v) is 3.43. The van der Waals surface area contributed by atoms with Crippen molar-refractivity contribution in [1.82, 2.24) is 4.72 Å².